The van der Waals surface area contributed by atoms with Crippen LogP contribution in [0.1, 0.15) is 27.2 Å². The number of ether oxygens (including phenoxy) is 1. The summed E-state index contributed by atoms with van der Waals surface area (Å²) in [5.74, 6) is -0.149. The number of hydrogen-bond donors (Lipinski definition) is 0. The molecule has 3 aromatic rings. The van der Waals surface area contributed by atoms with Crippen molar-refractivity contribution in [3.63, 3.8) is 0 Å². The minimum atomic E-state index is -4.42. The van der Waals surface area contributed by atoms with Crippen LogP contribution in [0.15, 0.2) is 36.4 Å². The highest BCUT2D eigenvalue weighted by molar-refractivity contribution is 6.38. The Hall–Kier alpha value is -2.26. The second-order valence-electron chi connectivity index (χ2n) is 9.05. The number of rotatable bonds is 4. The van der Waals surface area contributed by atoms with E-state index in [0.29, 0.717) is 46.2 Å². The predicted octanol–water partition coefficient (Wildman–Crippen LogP) is 5.25. The van der Waals surface area contributed by atoms with Crippen LogP contribution in [0.2, 0.25) is 10.0 Å². The maximum absolute atomic E-state index is 13.3. The van der Waals surface area contributed by atoms with Crippen LogP contribution in [0, 0.1) is 0 Å². The van der Waals surface area contributed by atoms with Crippen LogP contribution in [0.5, 0.6) is 0 Å². The Morgan fingerprint density at radius 2 is 1.77 bits per heavy atom. The normalized spacial score (nSPS) is 17.7. The molecule has 0 N–H and O–H groups in total. The van der Waals surface area contributed by atoms with Gasteiger partial charge in [0.2, 0.25) is 0 Å². The molecule has 3 heterocycles. The number of benzene rings is 2. The summed E-state index contributed by atoms with van der Waals surface area (Å²) in [6, 6.07) is 9.22. The van der Waals surface area contributed by atoms with Crippen molar-refractivity contribution in [2.24, 2.45) is 7.05 Å². The van der Waals surface area contributed by atoms with Crippen LogP contribution in [0.4, 0.5) is 13.2 Å². The van der Waals surface area contributed by atoms with Crippen LogP contribution >= 0.6 is 23.2 Å². The van der Waals surface area contributed by atoms with Crippen LogP contribution in [-0.4, -0.2) is 65.7 Å². The molecule has 186 valence electrons. The third-order valence-corrected chi connectivity index (χ3v) is 7.77. The van der Waals surface area contributed by atoms with Crippen molar-refractivity contribution >= 4 is 40.0 Å². The van der Waals surface area contributed by atoms with E-state index in [2.05, 4.69) is 4.90 Å². The molecule has 35 heavy (non-hydrogen) atoms. The average molecular weight is 526 g/mol. The van der Waals surface area contributed by atoms with Gasteiger partial charge in [-0.05, 0) is 41.3 Å². The second-order valence-corrected chi connectivity index (χ2v) is 9.83. The van der Waals surface area contributed by atoms with E-state index in [4.69, 9.17) is 27.9 Å². The van der Waals surface area contributed by atoms with Crippen molar-refractivity contribution in [2.45, 2.75) is 18.6 Å². The van der Waals surface area contributed by atoms with E-state index in [-0.39, 0.29) is 17.4 Å². The number of carbonyl (C=O) groups excluding carboxylic acids is 1. The first-order chi connectivity index (χ1) is 16.6. The number of halogens is 5. The van der Waals surface area contributed by atoms with Gasteiger partial charge in [0.15, 0.2) is 0 Å². The number of nitrogens with zero attached hydrogens (tertiary/aromatic N) is 3. The predicted molar refractivity (Wildman–Crippen MR) is 129 cm³/mol. The second kappa shape index (κ2) is 9.32. The van der Waals surface area contributed by atoms with Crippen molar-refractivity contribution in [3.8, 4) is 0 Å². The van der Waals surface area contributed by atoms with E-state index in [0.717, 1.165) is 44.1 Å². The molecule has 2 fully saturated rings. The monoisotopic (exact) mass is 525 g/mol. The van der Waals surface area contributed by atoms with Gasteiger partial charge in [-0.1, -0.05) is 29.3 Å². The first kappa shape index (κ1) is 24.4. The number of amides is 1. The Morgan fingerprint density at radius 3 is 2.40 bits per heavy atom. The molecule has 0 radical (unpaired) electrons. The molecule has 2 aromatic carbocycles. The third kappa shape index (κ3) is 4.65. The summed E-state index contributed by atoms with van der Waals surface area (Å²) in [7, 11) is 1.71. The lowest BCUT2D eigenvalue weighted by molar-refractivity contribution is -0.137. The van der Waals surface area contributed by atoms with E-state index in [1.54, 1.807) is 28.6 Å². The van der Waals surface area contributed by atoms with Crippen molar-refractivity contribution in [1.82, 2.24) is 14.4 Å². The molecule has 0 unspecified atom stereocenters. The Labute approximate surface area is 210 Å². The van der Waals surface area contributed by atoms with Crippen LogP contribution in [0.3, 0.4) is 0 Å². The Morgan fingerprint density at radius 1 is 1.06 bits per heavy atom. The highest BCUT2D eigenvalue weighted by Gasteiger charge is 2.32. The fourth-order valence-electron chi connectivity index (χ4n) is 4.73. The summed E-state index contributed by atoms with van der Waals surface area (Å²) in [5.41, 5.74) is 1.45. The molecular formula is C25H24Cl2F3N3O2. The molecule has 0 atom stereocenters. The number of piperazine rings is 1. The van der Waals surface area contributed by atoms with Gasteiger partial charge in [-0.3, -0.25) is 9.69 Å². The Balaban J connectivity index is 1.39. The molecule has 5 nitrogen and oxygen atoms in total. The molecule has 2 saturated heterocycles. The van der Waals surface area contributed by atoms with E-state index in [1.807, 2.05) is 6.07 Å². The molecule has 1 aromatic heterocycles. The number of fused-ring (bicyclic) bond motifs is 1. The zero-order valence-electron chi connectivity index (χ0n) is 19.0. The van der Waals surface area contributed by atoms with Gasteiger partial charge in [0.25, 0.3) is 5.91 Å². The molecule has 0 aliphatic carbocycles. The summed E-state index contributed by atoms with van der Waals surface area (Å²) in [5, 5.41) is 1.37. The van der Waals surface area contributed by atoms with Gasteiger partial charge in [0.05, 0.1) is 35.4 Å². The SMILES string of the molecule is Cn1c(Cc2c(Cl)ccc(C(=O)N3CCN(C4COC4)CC3)c2Cl)cc2ccc(C(F)(F)F)cc21. The lowest BCUT2D eigenvalue weighted by atomic mass is 10.0. The highest BCUT2D eigenvalue weighted by atomic mass is 35.5. The molecule has 0 spiro atoms. The quantitative estimate of drug-likeness (QED) is 0.466. The fraction of sp³-hybridized carbons (Fsp3) is 0.400. The van der Waals surface area contributed by atoms with Gasteiger partial charge < -0.3 is 14.2 Å². The lowest BCUT2D eigenvalue weighted by Crippen LogP contribution is -2.57. The maximum atomic E-state index is 13.3. The van der Waals surface area contributed by atoms with E-state index >= 15 is 0 Å². The van der Waals surface area contributed by atoms with Crippen LogP contribution in [0.25, 0.3) is 10.9 Å². The van der Waals surface area contributed by atoms with Crippen molar-refractivity contribution in [3.05, 3.63) is 68.8 Å². The van der Waals surface area contributed by atoms with Gasteiger partial charge in [-0.2, -0.15) is 13.2 Å². The lowest BCUT2D eigenvalue weighted by Gasteiger charge is -2.42. The van der Waals surface area contributed by atoms with E-state index in [9.17, 15) is 18.0 Å². The number of aromatic nitrogens is 1. The molecule has 0 saturated carbocycles. The molecule has 5 rings (SSSR count). The summed E-state index contributed by atoms with van der Waals surface area (Å²) in [6.45, 7) is 4.27. The largest absolute Gasteiger partial charge is 0.416 e. The van der Waals surface area contributed by atoms with Crippen LogP contribution in [-0.2, 0) is 24.4 Å². The summed E-state index contributed by atoms with van der Waals surface area (Å²) < 4.78 is 46.5. The number of carbonyl (C=O) groups is 1. The van der Waals surface area contributed by atoms with Gasteiger partial charge in [-0.25, -0.2) is 0 Å². The smallest absolute Gasteiger partial charge is 0.378 e. The van der Waals surface area contributed by atoms with Gasteiger partial charge in [0, 0.05) is 55.9 Å². The Kier molecular flexibility index (Phi) is 6.50. The Bertz CT molecular complexity index is 1280. The minimum Gasteiger partial charge on any atom is -0.378 e. The van der Waals surface area contributed by atoms with Crippen molar-refractivity contribution in [1.29, 1.82) is 0 Å². The molecule has 1 amide bonds. The molecule has 2 aliphatic heterocycles. The number of hydrogen-bond acceptors (Lipinski definition) is 3. The molecule has 0 bridgehead atoms. The summed E-state index contributed by atoms with van der Waals surface area (Å²) in [4.78, 5) is 17.4. The summed E-state index contributed by atoms with van der Waals surface area (Å²) >= 11 is 13.2. The average Bonchev–Trinajstić information content (AvgIpc) is 3.10. The van der Waals surface area contributed by atoms with Crippen molar-refractivity contribution in [2.75, 3.05) is 39.4 Å². The summed E-state index contributed by atoms with van der Waals surface area (Å²) in [6.07, 6.45) is -4.14. The third-order valence-electron chi connectivity index (χ3n) is 6.98. The fourth-order valence-corrected chi connectivity index (χ4v) is 5.32. The zero-order chi connectivity index (χ0) is 24.9. The van der Waals surface area contributed by atoms with E-state index < -0.39 is 11.7 Å². The highest BCUT2D eigenvalue weighted by Crippen LogP contribution is 2.35. The first-order valence-corrected chi connectivity index (χ1v) is 12.1. The number of alkyl halides is 3. The van der Waals surface area contributed by atoms with Crippen LogP contribution < -0.4 is 0 Å². The molecule has 10 heteroatoms. The zero-order valence-corrected chi connectivity index (χ0v) is 20.6. The standard InChI is InChI=1S/C25H24Cl2F3N3O2/c1-31-17(10-15-2-3-16(11-22(15)31)25(28,29)30)12-20-21(26)5-4-19(23(20)27)24(34)33-8-6-32(7-9-33)18-13-35-14-18/h2-5,10-11,18H,6-9,12-14H2,1H3. The minimum absolute atomic E-state index is 0.149. The van der Waals surface area contributed by atoms with Crippen molar-refractivity contribution < 1.29 is 22.7 Å². The van der Waals surface area contributed by atoms with Gasteiger partial charge >= 0.3 is 6.18 Å². The van der Waals surface area contributed by atoms with E-state index in [1.165, 1.54) is 6.07 Å². The number of aryl methyl sites for hydroxylation is 1. The molecule has 2 aliphatic rings. The topological polar surface area (TPSA) is 37.7 Å². The molecular weight excluding hydrogens is 502 g/mol. The van der Waals surface area contributed by atoms with Gasteiger partial charge in [0.1, 0.15) is 0 Å². The maximum Gasteiger partial charge on any atom is 0.416 e. The van der Waals surface area contributed by atoms with Gasteiger partial charge in [-0.15, -0.1) is 0 Å². The first-order valence-electron chi connectivity index (χ1n) is 11.4.